The van der Waals surface area contributed by atoms with Crippen molar-refractivity contribution in [1.82, 2.24) is 9.97 Å². The second kappa shape index (κ2) is 7.88. The molecule has 0 atom stereocenters. The predicted octanol–water partition coefficient (Wildman–Crippen LogP) is 3.66. The summed E-state index contributed by atoms with van der Waals surface area (Å²) < 4.78 is 44.8. The molecule has 3 aromatic rings. The molecular formula is C19H16BrN3O5S. The zero-order valence-electron chi connectivity index (χ0n) is 15.3. The van der Waals surface area contributed by atoms with Crippen molar-refractivity contribution in [3.8, 4) is 17.4 Å². The highest BCUT2D eigenvalue weighted by molar-refractivity contribution is 9.10. The van der Waals surface area contributed by atoms with Gasteiger partial charge in [-0.3, -0.25) is 4.72 Å². The normalized spacial score (nSPS) is 12.6. The molecule has 1 N–H and O–H groups in total. The Morgan fingerprint density at radius 1 is 1.17 bits per heavy atom. The summed E-state index contributed by atoms with van der Waals surface area (Å²) in [4.78, 5) is 8.43. The molecule has 150 valence electrons. The molecule has 0 aliphatic carbocycles. The minimum Gasteiger partial charge on any atom is -0.470 e. The molecule has 0 spiro atoms. The fraction of sp³-hybridized carbons (Fsp3) is 0.158. The Morgan fingerprint density at radius 2 is 1.97 bits per heavy atom. The van der Waals surface area contributed by atoms with Crippen LogP contribution in [0.5, 0.6) is 17.4 Å². The number of ether oxygens (including phenoxy) is 3. The summed E-state index contributed by atoms with van der Waals surface area (Å²) in [6.07, 6.45) is 1.39. The first kappa shape index (κ1) is 19.5. The molecule has 2 aromatic carbocycles. The van der Waals surface area contributed by atoms with E-state index in [0.29, 0.717) is 16.1 Å². The van der Waals surface area contributed by atoms with Crippen LogP contribution in [0.15, 0.2) is 58.2 Å². The quantitative estimate of drug-likeness (QED) is 0.577. The van der Waals surface area contributed by atoms with Crippen molar-refractivity contribution in [2.24, 2.45) is 0 Å². The van der Waals surface area contributed by atoms with Crippen molar-refractivity contribution in [3.05, 3.63) is 64.4 Å². The summed E-state index contributed by atoms with van der Waals surface area (Å²) in [6.45, 7) is 2.12. The van der Waals surface area contributed by atoms with Gasteiger partial charge in [0.25, 0.3) is 15.9 Å². The van der Waals surface area contributed by atoms with Crippen LogP contribution in [0.1, 0.15) is 11.1 Å². The smallest absolute Gasteiger partial charge is 0.263 e. The van der Waals surface area contributed by atoms with Gasteiger partial charge in [-0.1, -0.05) is 29.8 Å². The van der Waals surface area contributed by atoms with Gasteiger partial charge < -0.3 is 14.2 Å². The maximum absolute atomic E-state index is 12.7. The van der Waals surface area contributed by atoms with Crippen LogP contribution in [-0.2, 0) is 16.6 Å². The molecule has 0 radical (unpaired) electrons. The number of nitrogens with one attached hydrogen (secondary N) is 1. The van der Waals surface area contributed by atoms with Crippen LogP contribution in [0.2, 0.25) is 0 Å². The van der Waals surface area contributed by atoms with Gasteiger partial charge in [-0.25, -0.2) is 18.4 Å². The van der Waals surface area contributed by atoms with Crippen LogP contribution in [0.4, 0.5) is 5.82 Å². The van der Waals surface area contributed by atoms with Crippen LogP contribution >= 0.6 is 15.9 Å². The molecule has 0 amide bonds. The van der Waals surface area contributed by atoms with Crippen molar-refractivity contribution in [1.29, 1.82) is 0 Å². The molecule has 0 saturated carbocycles. The van der Waals surface area contributed by atoms with Gasteiger partial charge in [0.15, 0.2) is 11.5 Å². The van der Waals surface area contributed by atoms with E-state index in [9.17, 15) is 8.42 Å². The highest BCUT2D eigenvalue weighted by Gasteiger charge is 2.21. The lowest BCUT2D eigenvalue weighted by atomic mass is 10.2. The third-order valence-electron chi connectivity index (χ3n) is 4.12. The summed E-state index contributed by atoms with van der Waals surface area (Å²) in [7, 11) is -3.85. The number of hydrogen-bond acceptors (Lipinski definition) is 7. The average Bonchev–Trinajstić information content (AvgIpc) is 3.18. The number of aromatic nitrogens is 2. The lowest BCUT2D eigenvalue weighted by Gasteiger charge is -2.13. The van der Waals surface area contributed by atoms with Crippen LogP contribution in [-0.4, -0.2) is 25.2 Å². The van der Waals surface area contributed by atoms with E-state index in [2.05, 4.69) is 30.6 Å². The number of benzene rings is 2. The summed E-state index contributed by atoms with van der Waals surface area (Å²) >= 11 is 3.23. The lowest BCUT2D eigenvalue weighted by Crippen LogP contribution is -2.15. The number of rotatable bonds is 6. The van der Waals surface area contributed by atoms with Gasteiger partial charge in [0.1, 0.15) is 11.2 Å². The summed E-state index contributed by atoms with van der Waals surface area (Å²) in [6, 6.07) is 11.9. The average molecular weight is 478 g/mol. The highest BCUT2D eigenvalue weighted by Crippen LogP contribution is 2.36. The fourth-order valence-electron chi connectivity index (χ4n) is 2.68. The van der Waals surface area contributed by atoms with Gasteiger partial charge in [0.05, 0.1) is 11.1 Å². The van der Waals surface area contributed by atoms with Crippen LogP contribution in [0, 0.1) is 6.92 Å². The number of hydrogen-bond donors (Lipinski definition) is 1. The van der Waals surface area contributed by atoms with E-state index >= 15 is 0 Å². The second-order valence-electron chi connectivity index (χ2n) is 6.20. The molecule has 0 unspecified atom stereocenters. The van der Waals surface area contributed by atoms with E-state index in [1.165, 1.54) is 18.3 Å². The summed E-state index contributed by atoms with van der Waals surface area (Å²) in [5.41, 5.74) is 1.70. The van der Waals surface area contributed by atoms with Crippen molar-refractivity contribution >= 4 is 31.8 Å². The first-order chi connectivity index (χ1) is 13.9. The second-order valence-corrected chi connectivity index (χ2v) is 8.70. The molecule has 0 saturated heterocycles. The number of fused-ring (bicyclic) bond motifs is 1. The van der Waals surface area contributed by atoms with Gasteiger partial charge in [-0.05, 0) is 41.1 Å². The zero-order valence-corrected chi connectivity index (χ0v) is 17.7. The molecular weight excluding hydrogens is 462 g/mol. The molecule has 1 aliphatic rings. The monoisotopic (exact) mass is 477 g/mol. The SMILES string of the molecule is Cc1ccc(S(=O)(=O)Nc2ncc(Br)nc2OCc2cccc3c2OCO3)cc1. The number of aryl methyl sites for hydroxylation is 1. The maximum Gasteiger partial charge on any atom is 0.263 e. The number of anilines is 1. The first-order valence-corrected chi connectivity index (χ1v) is 10.8. The fourth-order valence-corrected chi connectivity index (χ4v) is 3.95. The Labute approximate surface area is 176 Å². The Kier molecular flexibility index (Phi) is 5.29. The van der Waals surface area contributed by atoms with Gasteiger partial charge >= 0.3 is 0 Å². The third kappa shape index (κ3) is 4.28. The number of nitrogens with zero attached hydrogens (tertiary/aromatic N) is 2. The van der Waals surface area contributed by atoms with E-state index in [1.54, 1.807) is 18.2 Å². The standard InChI is InChI=1S/C19H16BrN3O5S/c1-12-5-7-14(8-6-12)29(24,25)23-18-19(22-16(20)9-21-18)26-10-13-3-2-4-15-17(13)28-11-27-15/h2-9H,10-11H2,1H3,(H,21,23). The van der Waals surface area contributed by atoms with Crippen molar-refractivity contribution in [2.75, 3.05) is 11.5 Å². The molecule has 2 heterocycles. The Bertz CT molecular complexity index is 1150. The zero-order chi connectivity index (χ0) is 20.4. The van der Waals surface area contributed by atoms with Gasteiger partial charge in [0.2, 0.25) is 12.6 Å². The molecule has 0 bridgehead atoms. The molecule has 0 fully saturated rings. The Balaban J connectivity index is 1.58. The van der Waals surface area contributed by atoms with Crippen LogP contribution < -0.4 is 18.9 Å². The first-order valence-electron chi connectivity index (χ1n) is 8.55. The van der Waals surface area contributed by atoms with Gasteiger partial charge in [-0.2, -0.15) is 0 Å². The number of halogens is 1. The summed E-state index contributed by atoms with van der Waals surface area (Å²) in [5.74, 6) is 1.24. The minimum atomic E-state index is -3.85. The third-order valence-corrected chi connectivity index (χ3v) is 5.85. The maximum atomic E-state index is 12.7. The van der Waals surface area contributed by atoms with Crippen LogP contribution in [0.3, 0.4) is 0 Å². The molecule has 1 aliphatic heterocycles. The van der Waals surface area contributed by atoms with Crippen molar-refractivity contribution < 1.29 is 22.6 Å². The number of sulfonamides is 1. The highest BCUT2D eigenvalue weighted by atomic mass is 79.9. The molecule has 8 nitrogen and oxygen atoms in total. The lowest BCUT2D eigenvalue weighted by molar-refractivity contribution is 0.171. The Hall–Kier alpha value is -2.85. The molecule has 29 heavy (non-hydrogen) atoms. The number of para-hydroxylation sites is 1. The molecule has 1 aromatic heterocycles. The van der Waals surface area contributed by atoms with E-state index in [4.69, 9.17) is 14.2 Å². The van der Waals surface area contributed by atoms with E-state index in [0.717, 1.165) is 11.1 Å². The van der Waals surface area contributed by atoms with E-state index < -0.39 is 10.0 Å². The minimum absolute atomic E-state index is 0.0153. The summed E-state index contributed by atoms with van der Waals surface area (Å²) in [5, 5.41) is 0. The molecule has 10 heteroatoms. The predicted molar refractivity (Wildman–Crippen MR) is 109 cm³/mol. The topological polar surface area (TPSA) is 99.6 Å². The molecule has 4 rings (SSSR count). The van der Waals surface area contributed by atoms with Crippen LogP contribution in [0.25, 0.3) is 0 Å². The van der Waals surface area contributed by atoms with E-state index in [1.807, 2.05) is 19.1 Å². The largest absolute Gasteiger partial charge is 0.470 e. The van der Waals surface area contributed by atoms with Crippen molar-refractivity contribution in [3.63, 3.8) is 0 Å². The Morgan fingerprint density at radius 3 is 2.76 bits per heavy atom. The van der Waals surface area contributed by atoms with Gasteiger partial charge in [-0.15, -0.1) is 0 Å². The van der Waals surface area contributed by atoms with Gasteiger partial charge in [0, 0.05) is 5.56 Å². The van der Waals surface area contributed by atoms with E-state index in [-0.39, 0.29) is 30.0 Å². The van der Waals surface area contributed by atoms with Crippen molar-refractivity contribution in [2.45, 2.75) is 18.4 Å².